The number of aliphatic imine (C=N–C) groups is 1. The predicted molar refractivity (Wildman–Crippen MR) is 137 cm³/mol. The lowest BCUT2D eigenvalue weighted by atomic mass is 10.0. The Balaban J connectivity index is 0.00000153. The SMILES string of the molecule is C=C(/C=N\C(N)=C/C)c1ccc(-c2ccc(C(F)(F)F)nc2S(=O)(=O)C2CCOCC2)cc1F.CCC. The van der Waals surface area contributed by atoms with Crippen LogP contribution in [0.3, 0.4) is 0 Å². The summed E-state index contributed by atoms with van der Waals surface area (Å²) in [5.41, 5.74) is 4.45. The number of halogens is 4. The van der Waals surface area contributed by atoms with Gasteiger partial charge in [-0.2, -0.15) is 13.2 Å². The van der Waals surface area contributed by atoms with Gasteiger partial charge in [0.15, 0.2) is 14.9 Å². The number of benzene rings is 1. The van der Waals surface area contributed by atoms with E-state index >= 15 is 0 Å². The fourth-order valence-corrected chi connectivity index (χ4v) is 5.27. The smallest absolute Gasteiger partial charge is 0.384 e. The number of nitrogens with two attached hydrogens (primary N) is 1. The molecule has 0 bridgehead atoms. The molecule has 37 heavy (non-hydrogen) atoms. The average Bonchev–Trinajstić information content (AvgIpc) is 2.87. The van der Waals surface area contributed by atoms with E-state index in [0.717, 1.165) is 12.1 Å². The van der Waals surface area contributed by atoms with Gasteiger partial charge in [0.2, 0.25) is 0 Å². The van der Waals surface area contributed by atoms with Crippen molar-refractivity contribution in [1.82, 2.24) is 4.98 Å². The van der Waals surface area contributed by atoms with Gasteiger partial charge in [-0.1, -0.05) is 39.0 Å². The Morgan fingerprint density at radius 1 is 1.22 bits per heavy atom. The van der Waals surface area contributed by atoms with E-state index in [0.29, 0.717) is 6.07 Å². The van der Waals surface area contributed by atoms with Gasteiger partial charge in [-0.15, -0.1) is 0 Å². The van der Waals surface area contributed by atoms with E-state index < -0.39 is 37.8 Å². The van der Waals surface area contributed by atoms with Crippen molar-refractivity contribution in [2.45, 2.75) is 56.5 Å². The molecule has 0 atom stereocenters. The standard InChI is InChI=1S/C23H23F4N3O3S.C3H8/c1-3-21(28)29-13-14(2)17-5-4-15(12-19(17)24)18-6-7-20(23(25,26)27)30-22(18)34(31,32)16-8-10-33-11-9-16;1-3-2/h3-7,12-13,16H,2,8-11,28H2,1H3;3H2,1-2H3/b21-3-,29-13-;. The van der Waals surface area contributed by atoms with Crippen molar-refractivity contribution in [1.29, 1.82) is 0 Å². The Hall–Kier alpha value is -3.05. The summed E-state index contributed by atoms with van der Waals surface area (Å²) in [5, 5.41) is -1.68. The number of sulfone groups is 1. The minimum atomic E-state index is -4.85. The molecule has 0 spiro atoms. The molecule has 0 unspecified atom stereocenters. The van der Waals surface area contributed by atoms with E-state index in [1.54, 1.807) is 13.0 Å². The molecular formula is C26H31F4N3O3S. The number of nitrogens with zero attached hydrogens (tertiary/aromatic N) is 2. The summed E-state index contributed by atoms with van der Waals surface area (Å²) in [6.45, 7) is 10.00. The second kappa shape index (κ2) is 13.0. The Morgan fingerprint density at radius 2 is 1.84 bits per heavy atom. The zero-order valence-electron chi connectivity index (χ0n) is 21.0. The van der Waals surface area contributed by atoms with Crippen LogP contribution in [-0.2, 0) is 20.8 Å². The number of aromatic nitrogens is 1. The van der Waals surface area contributed by atoms with Crippen LogP contribution >= 0.6 is 0 Å². The first-order chi connectivity index (χ1) is 17.4. The third-order valence-electron chi connectivity index (χ3n) is 5.32. The van der Waals surface area contributed by atoms with Crippen LogP contribution < -0.4 is 5.73 Å². The summed E-state index contributed by atoms with van der Waals surface area (Å²) in [6, 6.07) is 5.44. The fourth-order valence-electron chi connectivity index (χ4n) is 3.42. The van der Waals surface area contributed by atoms with Crippen LogP contribution in [0.15, 0.2) is 58.8 Å². The van der Waals surface area contributed by atoms with Crippen molar-refractivity contribution in [3.63, 3.8) is 0 Å². The maximum absolute atomic E-state index is 14.9. The number of hydrogen-bond acceptors (Lipinski definition) is 6. The normalized spacial score (nSPS) is 15.4. The van der Waals surface area contributed by atoms with Gasteiger partial charge in [0.1, 0.15) is 17.3 Å². The number of allylic oxidation sites excluding steroid dienone is 2. The molecule has 2 aromatic rings. The lowest BCUT2D eigenvalue weighted by Gasteiger charge is -2.23. The van der Waals surface area contributed by atoms with Crippen LogP contribution in [0.5, 0.6) is 0 Å². The van der Waals surface area contributed by atoms with Gasteiger partial charge in [-0.05, 0) is 55.2 Å². The van der Waals surface area contributed by atoms with Crippen LogP contribution in [0, 0.1) is 5.82 Å². The van der Waals surface area contributed by atoms with Crippen molar-refractivity contribution >= 4 is 21.6 Å². The lowest BCUT2D eigenvalue weighted by molar-refractivity contribution is -0.141. The van der Waals surface area contributed by atoms with E-state index in [2.05, 4.69) is 30.4 Å². The zero-order chi connectivity index (χ0) is 27.8. The van der Waals surface area contributed by atoms with Crippen molar-refractivity contribution in [3.8, 4) is 11.1 Å². The number of pyridine rings is 1. The van der Waals surface area contributed by atoms with Gasteiger partial charge in [-0.25, -0.2) is 22.8 Å². The second-order valence-electron chi connectivity index (χ2n) is 8.30. The first-order valence-corrected chi connectivity index (χ1v) is 13.3. The molecule has 2 heterocycles. The highest BCUT2D eigenvalue weighted by molar-refractivity contribution is 7.92. The van der Waals surface area contributed by atoms with Gasteiger partial charge in [0, 0.05) is 30.6 Å². The summed E-state index contributed by atoms with van der Waals surface area (Å²) in [6.07, 6.45) is -0.530. The van der Waals surface area contributed by atoms with Crippen molar-refractivity contribution in [2.24, 2.45) is 10.7 Å². The lowest BCUT2D eigenvalue weighted by Crippen LogP contribution is -2.30. The van der Waals surface area contributed by atoms with Crippen molar-refractivity contribution in [3.05, 3.63) is 65.9 Å². The first-order valence-electron chi connectivity index (χ1n) is 11.7. The quantitative estimate of drug-likeness (QED) is 0.348. The highest BCUT2D eigenvalue weighted by atomic mass is 32.2. The molecule has 2 N–H and O–H groups in total. The molecule has 11 heteroatoms. The molecular weight excluding hydrogens is 510 g/mol. The fraction of sp³-hybridized carbons (Fsp3) is 0.385. The number of rotatable bonds is 6. The number of ether oxygens (including phenoxy) is 1. The molecule has 1 aliphatic heterocycles. The Kier molecular flexibility index (Phi) is 10.6. The average molecular weight is 542 g/mol. The second-order valence-corrected chi connectivity index (χ2v) is 10.4. The third kappa shape index (κ3) is 7.72. The molecule has 0 saturated carbocycles. The highest BCUT2D eigenvalue weighted by Crippen LogP contribution is 2.36. The minimum absolute atomic E-state index is 0.0609. The molecule has 202 valence electrons. The van der Waals surface area contributed by atoms with Gasteiger partial charge < -0.3 is 10.5 Å². The van der Waals surface area contributed by atoms with E-state index in [4.69, 9.17) is 10.5 Å². The molecule has 1 aliphatic rings. The van der Waals surface area contributed by atoms with E-state index in [1.165, 1.54) is 24.8 Å². The molecule has 0 aliphatic carbocycles. The molecule has 1 fully saturated rings. The molecule has 1 aromatic carbocycles. The van der Waals surface area contributed by atoms with E-state index in [1.807, 2.05) is 0 Å². The molecule has 3 rings (SSSR count). The zero-order valence-corrected chi connectivity index (χ0v) is 21.8. The monoisotopic (exact) mass is 541 g/mol. The topological polar surface area (TPSA) is 94.6 Å². The summed E-state index contributed by atoms with van der Waals surface area (Å²) in [7, 11) is -4.26. The Morgan fingerprint density at radius 3 is 2.38 bits per heavy atom. The molecule has 1 saturated heterocycles. The van der Waals surface area contributed by atoms with Gasteiger partial charge in [0.05, 0.1) is 5.25 Å². The predicted octanol–water partition coefficient (Wildman–Crippen LogP) is 6.18. The molecule has 1 aromatic heterocycles. The van der Waals surface area contributed by atoms with Crippen LogP contribution in [-0.4, -0.2) is 38.1 Å². The van der Waals surface area contributed by atoms with Gasteiger partial charge >= 0.3 is 6.18 Å². The summed E-state index contributed by atoms with van der Waals surface area (Å²) >= 11 is 0. The summed E-state index contributed by atoms with van der Waals surface area (Å²) in [5.74, 6) is -0.556. The number of alkyl halides is 3. The Labute approximate surface area is 214 Å². The van der Waals surface area contributed by atoms with Crippen LogP contribution in [0.4, 0.5) is 17.6 Å². The largest absolute Gasteiger partial charge is 0.433 e. The minimum Gasteiger partial charge on any atom is -0.384 e. The highest BCUT2D eigenvalue weighted by Gasteiger charge is 2.38. The molecule has 0 radical (unpaired) electrons. The maximum Gasteiger partial charge on any atom is 0.433 e. The van der Waals surface area contributed by atoms with Crippen LogP contribution in [0.2, 0.25) is 0 Å². The van der Waals surface area contributed by atoms with Crippen LogP contribution in [0.25, 0.3) is 16.7 Å². The third-order valence-corrected chi connectivity index (χ3v) is 7.52. The molecule has 6 nitrogen and oxygen atoms in total. The first kappa shape index (κ1) is 30.2. The van der Waals surface area contributed by atoms with Crippen LogP contribution in [0.1, 0.15) is 51.3 Å². The van der Waals surface area contributed by atoms with Gasteiger partial charge in [-0.3, -0.25) is 0 Å². The van der Waals surface area contributed by atoms with E-state index in [9.17, 15) is 26.0 Å². The van der Waals surface area contributed by atoms with Crippen molar-refractivity contribution < 1.29 is 30.7 Å². The van der Waals surface area contributed by atoms with E-state index in [-0.39, 0.29) is 54.1 Å². The summed E-state index contributed by atoms with van der Waals surface area (Å²) in [4.78, 5) is 7.39. The van der Waals surface area contributed by atoms with Crippen molar-refractivity contribution in [2.75, 3.05) is 13.2 Å². The Bertz CT molecular complexity index is 1270. The molecule has 0 amide bonds. The van der Waals surface area contributed by atoms with Gasteiger partial charge in [0.25, 0.3) is 0 Å². The summed E-state index contributed by atoms with van der Waals surface area (Å²) < 4.78 is 86.6. The maximum atomic E-state index is 14.9. The number of hydrogen-bond donors (Lipinski definition) is 1.